The normalized spacial score (nSPS) is 10.3. The molecule has 0 aliphatic carbocycles. The van der Waals surface area contributed by atoms with Crippen LogP contribution in [0, 0.1) is 11.3 Å². The Morgan fingerprint density at radius 3 is 2.83 bits per heavy atom. The average Bonchev–Trinajstić information content (AvgIpc) is 3.04. The summed E-state index contributed by atoms with van der Waals surface area (Å²) >= 11 is 0. The average molecular weight is 324 g/mol. The van der Waals surface area contributed by atoms with Gasteiger partial charge in [0.15, 0.2) is 5.75 Å². The summed E-state index contributed by atoms with van der Waals surface area (Å²) in [4.78, 5) is 11.3. The lowest BCUT2D eigenvalue weighted by atomic mass is 10.2. The second-order valence-electron chi connectivity index (χ2n) is 4.93. The first-order chi connectivity index (χ1) is 11.6. The molecule has 0 amide bonds. The molecule has 120 valence electrons. The van der Waals surface area contributed by atoms with E-state index in [-0.39, 0.29) is 13.2 Å². The highest BCUT2D eigenvalue weighted by molar-refractivity contribution is 5.34. The van der Waals surface area contributed by atoms with E-state index in [0.717, 1.165) is 6.26 Å². The molecule has 0 saturated heterocycles. The van der Waals surface area contributed by atoms with E-state index in [1.807, 2.05) is 6.07 Å². The lowest BCUT2D eigenvalue weighted by molar-refractivity contribution is 0.301. The van der Waals surface area contributed by atoms with Crippen molar-refractivity contribution in [2.24, 2.45) is 0 Å². The number of aromatic hydroxyl groups is 1. The minimum Gasteiger partial charge on any atom is -0.502 e. The van der Waals surface area contributed by atoms with E-state index < -0.39 is 11.2 Å². The summed E-state index contributed by atoms with van der Waals surface area (Å²) in [6, 6.07) is 9.97. The molecule has 3 rings (SSSR count). The number of hydrogen-bond donors (Lipinski definition) is 1. The first kappa shape index (κ1) is 15.3. The van der Waals surface area contributed by atoms with Crippen molar-refractivity contribution in [3.05, 3.63) is 70.0 Å². The highest BCUT2D eigenvalue weighted by Gasteiger charge is 2.06. The zero-order chi connectivity index (χ0) is 16.9. The van der Waals surface area contributed by atoms with E-state index in [2.05, 4.69) is 10.3 Å². The minimum absolute atomic E-state index is 0.208. The second kappa shape index (κ2) is 6.66. The Balaban J connectivity index is 1.61. The summed E-state index contributed by atoms with van der Waals surface area (Å²) in [6.45, 7) is 0.421. The van der Waals surface area contributed by atoms with Crippen LogP contribution in [0.5, 0.6) is 11.5 Å². The summed E-state index contributed by atoms with van der Waals surface area (Å²) in [5.74, 6) is 0.532. The number of benzene rings is 1. The topological polar surface area (TPSA) is 114 Å². The van der Waals surface area contributed by atoms with Gasteiger partial charge in [0.2, 0.25) is 5.43 Å². The molecule has 0 bridgehead atoms. The Hall–Kier alpha value is -3.60. The van der Waals surface area contributed by atoms with Gasteiger partial charge in [-0.2, -0.15) is 5.26 Å². The number of nitrogens with zero attached hydrogens (tertiary/aromatic N) is 4. The molecule has 2 aromatic heterocycles. The van der Waals surface area contributed by atoms with Crippen LogP contribution in [0.25, 0.3) is 0 Å². The minimum atomic E-state index is -0.513. The quantitative estimate of drug-likeness (QED) is 0.755. The van der Waals surface area contributed by atoms with E-state index in [4.69, 9.17) is 19.5 Å². The molecule has 3 aromatic rings. The van der Waals surface area contributed by atoms with Crippen molar-refractivity contribution in [1.82, 2.24) is 15.0 Å². The Labute approximate surface area is 136 Å². The summed E-state index contributed by atoms with van der Waals surface area (Å²) in [6.07, 6.45) is 2.65. The lowest BCUT2D eigenvalue weighted by Crippen LogP contribution is -2.05. The smallest absolute Gasteiger partial charge is 0.226 e. The fraction of sp³-hybridized carbons (Fsp3) is 0.125. The molecule has 0 atom stereocenters. The zero-order valence-corrected chi connectivity index (χ0v) is 12.4. The molecule has 0 aliphatic heterocycles. The van der Waals surface area contributed by atoms with E-state index in [1.165, 1.54) is 10.7 Å². The molecule has 0 unspecified atom stereocenters. The summed E-state index contributed by atoms with van der Waals surface area (Å²) in [5, 5.41) is 25.8. The molecule has 0 radical (unpaired) electrons. The standard InChI is InChI=1S/C16H12N4O4/c17-6-11-1-3-13(4-2-11)23-9-12-7-20(19-18-12)8-14-5-15(21)16(22)10-24-14/h1-5,7,10,22H,8-9H2. The van der Waals surface area contributed by atoms with Crippen molar-refractivity contribution < 1.29 is 14.3 Å². The highest BCUT2D eigenvalue weighted by Crippen LogP contribution is 2.13. The van der Waals surface area contributed by atoms with E-state index >= 15 is 0 Å². The van der Waals surface area contributed by atoms with E-state index in [1.54, 1.807) is 30.5 Å². The van der Waals surface area contributed by atoms with Crippen LogP contribution in [-0.4, -0.2) is 20.1 Å². The maximum atomic E-state index is 11.3. The number of rotatable bonds is 5. The molecule has 8 heteroatoms. The van der Waals surface area contributed by atoms with Gasteiger partial charge in [0.25, 0.3) is 0 Å². The van der Waals surface area contributed by atoms with Crippen LogP contribution in [0.4, 0.5) is 0 Å². The fourth-order valence-corrected chi connectivity index (χ4v) is 1.95. The first-order valence-corrected chi connectivity index (χ1v) is 6.97. The molecule has 24 heavy (non-hydrogen) atoms. The van der Waals surface area contributed by atoms with Crippen molar-refractivity contribution >= 4 is 0 Å². The van der Waals surface area contributed by atoms with Gasteiger partial charge in [0.05, 0.1) is 17.8 Å². The van der Waals surface area contributed by atoms with Gasteiger partial charge in [-0.15, -0.1) is 5.10 Å². The summed E-state index contributed by atoms with van der Waals surface area (Å²) in [5.41, 5.74) is 0.643. The molecule has 1 aromatic carbocycles. The third-order valence-corrected chi connectivity index (χ3v) is 3.14. The molecular weight excluding hydrogens is 312 g/mol. The van der Waals surface area contributed by atoms with Crippen LogP contribution in [0.1, 0.15) is 17.0 Å². The van der Waals surface area contributed by atoms with Gasteiger partial charge in [-0.25, -0.2) is 4.68 Å². The third kappa shape index (κ3) is 3.59. The molecular formula is C16H12N4O4. The van der Waals surface area contributed by atoms with Gasteiger partial charge in [0.1, 0.15) is 36.6 Å². The molecule has 2 heterocycles. The molecule has 1 N–H and O–H groups in total. The molecule has 0 aliphatic rings. The van der Waals surface area contributed by atoms with Crippen molar-refractivity contribution in [2.45, 2.75) is 13.2 Å². The van der Waals surface area contributed by atoms with Crippen LogP contribution in [0.15, 0.2) is 52.0 Å². The number of nitriles is 1. The predicted octanol–water partition coefficient (Wildman–Crippen LogP) is 1.44. The van der Waals surface area contributed by atoms with Gasteiger partial charge in [-0.1, -0.05) is 5.21 Å². The van der Waals surface area contributed by atoms with Gasteiger partial charge in [-0.3, -0.25) is 4.79 Å². The van der Waals surface area contributed by atoms with Gasteiger partial charge in [-0.05, 0) is 24.3 Å². The molecule has 0 fully saturated rings. The van der Waals surface area contributed by atoms with Crippen molar-refractivity contribution in [3.8, 4) is 17.6 Å². The highest BCUT2D eigenvalue weighted by atomic mass is 16.5. The van der Waals surface area contributed by atoms with Crippen LogP contribution < -0.4 is 10.2 Å². The Morgan fingerprint density at radius 1 is 1.33 bits per heavy atom. The maximum Gasteiger partial charge on any atom is 0.226 e. The molecule has 8 nitrogen and oxygen atoms in total. The van der Waals surface area contributed by atoms with Crippen molar-refractivity contribution in [2.75, 3.05) is 0 Å². The van der Waals surface area contributed by atoms with Gasteiger partial charge < -0.3 is 14.3 Å². The largest absolute Gasteiger partial charge is 0.502 e. The summed E-state index contributed by atoms with van der Waals surface area (Å²) in [7, 11) is 0. The van der Waals surface area contributed by atoms with Crippen LogP contribution in [0.3, 0.4) is 0 Å². The second-order valence-corrected chi connectivity index (χ2v) is 4.93. The third-order valence-electron chi connectivity index (χ3n) is 3.14. The number of aromatic nitrogens is 3. The zero-order valence-electron chi connectivity index (χ0n) is 12.4. The van der Waals surface area contributed by atoms with Gasteiger partial charge in [0, 0.05) is 6.07 Å². The SMILES string of the molecule is N#Cc1ccc(OCc2cn(Cc3cc(=O)c(O)co3)nn2)cc1. The van der Waals surface area contributed by atoms with Crippen LogP contribution in [-0.2, 0) is 13.2 Å². The van der Waals surface area contributed by atoms with E-state index in [9.17, 15) is 4.79 Å². The van der Waals surface area contributed by atoms with Crippen LogP contribution in [0.2, 0.25) is 0 Å². The lowest BCUT2D eigenvalue weighted by Gasteiger charge is -2.03. The van der Waals surface area contributed by atoms with Gasteiger partial charge >= 0.3 is 0 Å². The van der Waals surface area contributed by atoms with Crippen molar-refractivity contribution in [3.63, 3.8) is 0 Å². The Bertz CT molecular complexity index is 938. The van der Waals surface area contributed by atoms with E-state index in [0.29, 0.717) is 22.8 Å². The monoisotopic (exact) mass is 324 g/mol. The summed E-state index contributed by atoms with van der Waals surface area (Å²) < 4.78 is 12.2. The molecule has 0 spiro atoms. The van der Waals surface area contributed by atoms with Crippen molar-refractivity contribution in [1.29, 1.82) is 5.26 Å². The molecule has 0 saturated carbocycles. The number of hydrogen-bond acceptors (Lipinski definition) is 7. The maximum absolute atomic E-state index is 11.3. The fourth-order valence-electron chi connectivity index (χ4n) is 1.95. The Morgan fingerprint density at radius 2 is 2.12 bits per heavy atom. The van der Waals surface area contributed by atoms with Crippen LogP contribution >= 0.6 is 0 Å². The number of ether oxygens (including phenoxy) is 1. The first-order valence-electron chi connectivity index (χ1n) is 6.97. The Kier molecular flexibility index (Phi) is 4.25. The predicted molar refractivity (Wildman–Crippen MR) is 81.3 cm³/mol.